The Morgan fingerprint density at radius 3 is 2.62 bits per heavy atom. The highest BCUT2D eigenvalue weighted by Gasteiger charge is 2.31. The summed E-state index contributed by atoms with van der Waals surface area (Å²) >= 11 is 6.33. The van der Waals surface area contributed by atoms with E-state index in [4.69, 9.17) is 21.1 Å². The van der Waals surface area contributed by atoms with Crippen molar-refractivity contribution >= 4 is 17.5 Å². The van der Waals surface area contributed by atoms with Crippen molar-refractivity contribution in [2.75, 3.05) is 33.4 Å². The van der Waals surface area contributed by atoms with Crippen molar-refractivity contribution in [3.05, 3.63) is 63.7 Å². The van der Waals surface area contributed by atoms with E-state index in [0.29, 0.717) is 12.5 Å². The third kappa shape index (κ3) is 4.58. The minimum absolute atomic E-state index is 0.125. The SMILES string of the molecule is CNC(=O)C1CN(Cc2ccc(OCc3ccc(Cl)c(C4COC4)c3)c(C)c2)C1. The Morgan fingerprint density at radius 1 is 1.21 bits per heavy atom. The maximum Gasteiger partial charge on any atom is 0.225 e. The van der Waals surface area contributed by atoms with Crippen LogP contribution in [0.15, 0.2) is 36.4 Å². The molecule has 0 aromatic heterocycles. The van der Waals surface area contributed by atoms with Crippen LogP contribution in [0.3, 0.4) is 0 Å². The summed E-state index contributed by atoms with van der Waals surface area (Å²) in [6.45, 7) is 6.57. The van der Waals surface area contributed by atoms with E-state index in [-0.39, 0.29) is 11.8 Å². The van der Waals surface area contributed by atoms with Gasteiger partial charge in [-0.15, -0.1) is 0 Å². The van der Waals surface area contributed by atoms with Crippen LogP contribution in [-0.2, 0) is 22.7 Å². The lowest BCUT2D eigenvalue weighted by molar-refractivity contribution is -0.129. The molecule has 2 aromatic rings. The van der Waals surface area contributed by atoms with Gasteiger partial charge in [0.25, 0.3) is 0 Å². The zero-order valence-electron chi connectivity index (χ0n) is 16.9. The summed E-state index contributed by atoms with van der Waals surface area (Å²) in [6.07, 6.45) is 0. The molecule has 1 amide bonds. The topological polar surface area (TPSA) is 50.8 Å². The summed E-state index contributed by atoms with van der Waals surface area (Å²) in [5, 5.41) is 3.52. The van der Waals surface area contributed by atoms with Crippen LogP contribution in [0.5, 0.6) is 5.75 Å². The first-order chi connectivity index (χ1) is 14.0. The highest BCUT2D eigenvalue weighted by atomic mass is 35.5. The Morgan fingerprint density at radius 2 is 1.97 bits per heavy atom. The van der Waals surface area contributed by atoms with Crippen molar-refractivity contribution in [1.29, 1.82) is 0 Å². The smallest absolute Gasteiger partial charge is 0.225 e. The Kier molecular flexibility index (Phi) is 6.09. The predicted molar refractivity (Wildman–Crippen MR) is 113 cm³/mol. The summed E-state index contributed by atoms with van der Waals surface area (Å²) in [5.74, 6) is 1.55. The first kappa shape index (κ1) is 20.2. The van der Waals surface area contributed by atoms with Crippen LogP contribution in [0, 0.1) is 12.8 Å². The Bertz CT molecular complexity index is 892. The number of halogens is 1. The van der Waals surface area contributed by atoms with Gasteiger partial charge in [0.15, 0.2) is 0 Å². The summed E-state index contributed by atoms with van der Waals surface area (Å²) < 4.78 is 11.4. The lowest BCUT2D eigenvalue weighted by Crippen LogP contribution is -2.52. The number of nitrogens with one attached hydrogen (secondary N) is 1. The molecule has 2 fully saturated rings. The normalized spacial score (nSPS) is 17.5. The van der Waals surface area contributed by atoms with Gasteiger partial charge in [0, 0.05) is 37.6 Å². The summed E-state index contributed by atoms with van der Waals surface area (Å²) in [4.78, 5) is 13.9. The quantitative estimate of drug-likeness (QED) is 0.753. The number of carbonyl (C=O) groups is 1. The van der Waals surface area contributed by atoms with Crippen molar-refractivity contribution in [2.45, 2.75) is 26.0 Å². The van der Waals surface area contributed by atoms with E-state index in [2.05, 4.69) is 35.3 Å². The van der Waals surface area contributed by atoms with Crippen molar-refractivity contribution in [1.82, 2.24) is 10.2 Å². The molecule has 2 heterocycles. The number of ether oxygens (including phenoxy) is 2. The predicted octanol–water partition coefficient (Wildman–Crippen LogP) is 3.52. The second kappa shape index (κ2) is 8.74. The molecule has 0 atom stereocenters. The van der Waals surface area contributed by atoms with E-state index in [1.165, 1.54) is 5.56 Å². The Hall–Kier alpha value is -2.08. The van der Waals surface area contributed by atoms with Crippen LogP contribution in [-0.4, -0.2) is 44.2 Å². The van der Waals surface area contributed by atoms with Gasteiger partial charge in [0.05, 0.1) is 19.1 Å². The summed E-state index contributed by atoms with van der Waals surface area (Å²) in [5.41, 5.74) is 4.62. The minimum Gasteiger partial charge on any atom is -0.489 e. The van der Waals surface area contributed by atoms with Crippen LogP contribution < -0.4 is 10.1 Å². The molecule has 5 nitrogen and oxygen atoms in total. The molecule has 2 saturated heterocycles. The van der Waals surface area contributed by atoms with Gasteiger partial charge in [-0.05, 0) is 41.3 Å². The van der Waals surface area contributed by atoms with Gasteiger partial charge in [-0.3, -0.25) is 9.69 Å². The average molecular weight is 415 g/mol. The fourth-order valence-electron chi connectivity index (χ4n) is 3.87. The molecule has 0 saturated carbocycles. The number of benzene rings is 2. The third-order valence-electron chi connectivity index (χ3n) is 5.75. The fourth-order valence-corrected chi connectivity index (χ4v) is 4.14. The van der Waals surface area contributed by atoms with E-state index in [1.807, 2.05) is 18.2 Å². The molecule has 0 aliphatic carbocycles. The standard InChI is InChI=1S/C23H27ClN2O3/c1-15-7-16(9-26-10-18(11-26)23(27)25-2)4-6-22(15)29-12-17-3-5-21(24)20(8-17)19-13-28-14-19/h3-8,18-19H,9-14H2,1-2H3,(H,25,27). The number of amides is 1. The van der Waals surface area contributed by atoms with Gasteiger partial charge in [-0.1, -0.05) is 35.9 Å². The van der Waals surface area contributed by atoms with Gasteiger partial charge in [-0.2, -0.15) is 0 Å². The molecule has 0 unspecified atom stereocenters. The molecule has 29 heavy (non-hydrogen) atoms. The van der Waals surface area contributed by atoms with Crippen LogP contribution in [0.25, 0.3) is 0 Å². The van der Waals surface area contributed by atoms with Crippen LogP contribution >= 0.6 is 11.6 Å². The van der Waals surface area contributed by atoms with Crippen molar-refractivity contribution in [3.63, 3.8) is 0 Å². The molecule has 154 valence electrons. The van der Waals surface area contributed by atoms with Crippen LogP contribution in [0.4, 0.5) is 0 Å². The molecule has 0 bridgehead atoms. The van der Waals surface area contributed by atoms with E-state index in [9.17, 15) is 4.79 Å². The zero-order chi connectivity index (χ0) is 20.4. The van der Waals surface area contributed by atoms with Crippen molar-refractivity contribution < 1.29 is 14.3 Å². The maximum atomic E-state index is 11.6. The molecular weight excluding hydrogens is 388 g/mol. The number of hydrogen-bond acceptors (Lipinski definition) is 4. The molecule has 0 radical (unpaired) electrons. The second-order valence-electron chi connectivity index (χ2n) is 7.98. The first-order valence-electron chi connectivity index (χ1n) is 10.1. The molecule has 1 N–H and O–H groups in total. The van der Waals surface area contributed by atoms with Gasteiger partial charge in [0.1, 0.15) is 12.4 Å². The molecule has 4 rings (SSSR count). The number of rotatable bonds is 7. The van der Waals surface area contributed by atoms with E-state index in [1.54, 1.807) is 7.05 Å². The van der Waals surface area contributed by atoms with Crippen molar-refractivity contribution in [3.8, 4) is 5.75 Å². The fraction of sp³-hybridized carbons (Fsp3) is 0.435. The summed E-state index contributed by atoms with van der Waals surface area (Å²) in [6, 6.07) is 12.4. The number of nitrogens with zero attached hydrogens (tertiary/aromatic N) is 1. The zero-order valence-corrected chi connectivity index (χ0v) is 17.7. The van der Waals surface area contributed by atoms with Gasteiger partial charge < -0.3 is 14.8 Å². The lowest BCUT2D eigenvalue weighted by Gasteiger charge is -2.38. The number of carbonyl (C=O) groups excluding carboxylic acids is 1. The molecule has 2 aliphatic heterocycles. The maximum absolute atomic E-state index is 11.6. The highest BCUT2D eigenvalue weighted by molar-refractivity contribution is 6.31. The van der Waals surface area contributed by atoms with E-state index < -0.39 is 0 Å². The average Bonchev–Trinajstić information content (AvgIpc) is 2.64. The Balaban J connectivity index is 1.33. The third-order valence-corrected chi connectivity index (χ3v) is 6.10. The van der Waals surface area contributed by atoms with E-state index >= 15 is 0 Å². The Labute approximate surface area is 176 Å². The molecule has 0 spiro atoms. The van der Waals surface area contributed by atoms with E-state index in [0.717, 1.165) is 60.3 Å². The van der Waals surface area contributed by atoms with Gasteiger partial charge in [0.2, 0.25) is 5.91 Å². The summed E-state index contributed by atoms with van der Waals surface area (Å²) in [7, 11) is 1.69. The second-order valence-corrected chi connectivity index (χ2v) is 8.39. The highest BCUT2D eigenvalue weighted by Crippen LogP contribution is 2.31. The molecule has 2 aliphatic rings. The largest absolute Gasteiger partial charge is 0.489 e. The first-order valence-corrected chi connectivity index (χ1v) is 10.4. The van der Waals surface area contributed by atoms with Crippen molar-refractivity contribution in [2.24, 2.45) is 5.92 Å². The minimum atomic E-state index is 0.125. The number of aryl methyl sites for hydroxylation is 1. The molecule has 2 aromatic carbocycles. The van der Waals surface area contributed by atoms with Gasteiger partial charge in [-0.25, -0.2) is 0 Å². The molecular formula is C23H27ClN2O3. The number of likely N-dealkylation sites (tertiary alicyclic amines) is 1. The lowest BCUT2D eigenvalue weighted by atomic mass is 9.96. The molecule has 6 heteroatoms. The van der Waals surface area contributed by atoms with Gasteiger partial charge >= 0.3 is 0 Å². The van der Waals surface area contributed by atoms with Crippen LogP contribution in [0.1, 0.15) is 28.2 Å². The number of hydrogen-bond donors (Lipinski definition) is 1. The monoisotopic (exact) mass is 414 g/mol. The van der Waals surface area contributed by atoms with Crippen LogP contribution in [0.2, 0.25) is 5.02 Å².